The van der Waals surface area contributed by atoms with E-state index in [1.807, 2.05) is 30.3 Å². The minimum atomic E-state index is -0.915. The van der Waals surface area contributed by atoms with Gasteiger partial charge in [-0.2, -0.15) is 0 Å². The number of ether oxygens (including phenoxy) is 2. The Morgan fingerprint density at radius 1 is 1.15 bits per heavy atom. The SMILES string of the molecule is CCOC(=O)C1=C(c2ccccc2)N=c2sc(=Cc3cc([N+](=O)[O-])ccc3O)c(=O)n2[C@@H]1c1cccc(OC)c1. The smallest absolute Gasteiger partial charge is 0.338 e. The molecule has 0 aliphatic carbocycles. The Balaban J connectivity index is 1.84. The number of thiazole rings is 1. The summed E-state index contributed by atoms with van der Waals surface area (Å²) in [5.74, 6) is -0.316. The monoisotopic (exact) mass is 557 g/mol. The first-order chi connectivity index (χ1) is 19.3. The summed E-state index contributed by atoms with van der Waals surface area (Å²) in [7, 11) is 1.52. The van der Waals surface area contributed by atoms with Gasteiger partial charge in [-0.3, -0.25) is 19.5 Å². The Hall–Kier alpha value is -5.03. The summed E-state index contributed by atoms with van der Waals surface area (Å²) < 4.78 is 12.4. The second-order valence-corrected chi connectivity index (χ2v) is 9.72. The minimum absolute atomic E-state index is 0.102. The van der Waals surface area contributed by atoms with E-state index in [1.165, 1.54) is 36.0 Å². The zero-order valence-corrected chi connectivity index (χ0v) is 22.3. The molecule has 1 aliphatic heterocycles. The van der Waals surface area contributed by atoms with Crippen molar-refractivity contribution in [2.24, 2.45) is 4.99 Å². The second-order valence-electron chi connectivity index (χ2n) is 8.71. The van der Waals surface area contributed by atoms with Gasteiger partial charge in [0.25, 0.3) is 11.2 Å². The quantitative estimate of drug-likeness (QED) is 0.209. The van der Waals surface area contributed by atoms with Crippen LogP contribution in [0.25, 0.3) is 11.8 Å². The Bertz CT molecular complexity index is 1840. The van der Waals surface area contributed by atoms with Crippen molar-refractivity contribution in [3.8, 4) is 11.5 Å². The first-order valence-electron chi connectivity index (χ1n) is 12.2. The Morgan fingerprint density at radius 2 is 1.93 bits per heavy atom. The fourth-order valence-corrected chi connectivity index (χ4v) is 5.47. The molecule has 0 amide bonds. The number of nitrogens with zero attached hydrogens (tertiary/aromatic N) is 3. The molecule has 11 heteroatoms. The third-order valence-corrected chi connectivity index (χ3v) is 7.27. The van der Waals surface area contributed by atoms with Gasteiger partial charge in [0.2, 0.25) is 0 Å². The van der Waals surface area contributed by atoms with Crippen molar-refractivity contribution in [1.82, 2.24) is 4.57 Å². The molecule has 0 radical (unpaired) electrons. The number of rotatable bonds is 7. The second kappa shape index (κ2) is 11.0. The highest BCUT2D eigenvalue weighted by atomic mass is 32.1. The van der Waals surface area contributed by atoms with Crippen LogP contribution in [0.4, 0.5) is 5.69 Å². The third-order valence-electron chi connectivity index (χ3n) is 6.29. The number of esters is 1. The molecule has 40 heavy (non-hydrogen) atoms. The largest absolute Gasteiger partial charge is 0.507 e. The lowest BCUT2D eigenvalue weighted by atomic mass is 9.93. The minimum Gasteiger partial charge on any atom is -0.507 e. The number of benzene rings is 3. The van der Waals surface area contributed by atoms with Gasteiger partial charge in [0.05, 0.1) is 40.5 Å². The van der Waals surface area contributed by atoms with Crippen molar-refractivity contribution in [2.75, 3.05) is 13.7 Å². The van der Waals surface area contributed by atoms with E-state index in [9.17, 15) is 24.8 Å². The van der Waals surface area contributed by atoms with Gasteiger partial charge in [-0.05, 0) is 36.8 Å². The third kappa shape index (κ3) is 4.90. The Kier molecular flexibility index (Phi) is 7.30. The molecule has 1 N–H and O–H groups in total. The summed E-state index contributed by atoms with van der Waals surface area (Å²) >= 11 is 1.04. The number of carbonyl (C=O) groups excluding carboxylic acids is 1. The molecule has 10 nitrogen and oxygen atoms in total. The number of methoxy groups -OCH3 is 1. The molecule has 0 bridgehead atoms. The molecule has 2 heterocycles. The molecule has 0 saturated heterocycles. The van der Waals surface area contributed by atoms with Gasteiger partial charge in [0.15, 0.2) is 4.80 Å². The lowest BCUT2D eigenvalue weighted by molar-refractivity contribution is -0.384. The van der Waals surface area contributed by atoms with Gasteiger partial charge in [-0.1, -0.05) is 53.8 Å². The molecule has 0 saturated carbocycles. The van der Waals surface area contributed by atoms with Crippen molar-refractivity contribution < 1.29 is 24.3 Å². The molecule has 5 rings (SSSR count). The zero-order chi connectivity index (χ0) is 28.4. The number of hydrogen-bond donors (Lipinski definition) is 1. The van der Waals surface area contributed by atoms with Crippen LogP contribution in [0.3, 0.4) is 0 Å². The fraction of sp³-hybridized carbons (Fsp3) is 0.138. The lowest BCUT2D eigenvalue weighted by Gasteiger charge is -2.26. The van der Waals surface area contributed by atoms with Gasteiger partial charge in [-0.25, -0.2) is 9.79 Å². The molecule has 0 unspecified atom stereocenters. The van der Waals surface area contributed by atoms with E-state index in [4.69, 9.17) is 14.5 Å². The van der Waals surface area contributed by atoms with Crippen molar-refractivity contribution in [1.29, 1.82) is 0 Å². The highest BCUT2D eigenvalue weighted by Crippen LogP contribution is 2.36. The molecule has 4 aromatic rings. The van der Waals surface area contributed by atoms with E-state index in [-0.39, 0.29) is 33.7 Å². The summed E-state index contributed by atoms with van der Waals surface area (Å²) in [5, 5.41) is 21.7. The number of phenolic OH excluding ortho intramolecular Hbond substituents is 1. The number of carbonyl (C=O) groups is 1. The van der Waals surface area contributed by atoms with Crippen molar-refractivity contribution >= 4 is 34.8 Å². The topological polar surface area (TPSA) is 133 Å². The molecular weight excluding hydrogens is 534 g/mol. The Morgan fingerprint density at radius 3 is 2.62 bits per heavy atom. The molecule has 1 atom stereocenters. The van der Waals surface area contributed by atoms with Crippen molar-refractivity contribution in [3.63, 3.8) is 0 Å². The highest BCUT2D eigenvalue weighted by molar-refractivity contribution is 7.07. The van der Waals surface area contributed by atoms with Gasteiger partial charge in [0, 0.05) is 23.3 Å². The van der Waals surface area contributed by atoms with Crippen LogP contribution in [-0.2, 0) is 9.53 Å². The van der Waals surface area contributed by atoms with Gasteiger partial charge in [-0.15, -0.1) is 0 Å². The zero-order valence-electron chi connectivity index (χ0n) is 21.4. The van der Waals surface area contributed by atoms with E-state index >= 15 is 0 Å². The van der Waals surface area contributed by atoms with E-state index in [2.05, 4.69) is 0 Å². The first-order valence-corrected chi connectivity index (χ1v) is 13.0. The van der Waals surface area contributed by atoms with E-state index in [1.54, 1.807) is 31.2 Å². The van der Waals surface area contributed by atoms with Crippen molar-refractivity contribution in [3.05, 3.63) is 125 Å². The summed E-state index contributed by atoms with van der Waals surface area (Å²) in [5.41, 5.74) is 1.17. The first kappa shape index (κ1) is 26.6. The number of nitro groups is 1. The lowest BCUT2D eigenvalue weighted by Crippen LogP contribution is -2.40. The molecule has 1 aliphatic rings. The van der Waals surface area contributed by atoms with Gasteiger partial charge < -0.3 is 14.6 Å². The summed E-state index contributed by atoms with van der Waals surface area (Å²) in [6.45, 7) is 1.81. The standard InChI is InChI=1S/C29H23N3O7S/c1-3-39-28(35)24-25(17-8-5-4-6-9-17)30-29-31(26(24)18-10-7-11-21(15-18)38-2)27(34)23(40-29)16-19-14-20(32(36)37)12-13-22(19)33/h4-16,26,33H,3H2,1-2H3/t26-/m1/s1. The average molecular weight is 558 g/mol. The maximum Gasteiger partial charge on any atom is 0.338 e. The summed E-state index contributed by atoms with van der Waals surface area (Å²) in [6, 6.07) is 18.8. The van der Waals surface area contributed by atoms with Crippen LogP contribution in [0.15, 0.2) is 88.2 Å². The molecule has 0 spiro atoms. The number of aromatic hydroxyl groups is 1. The van der Waals surface area contributed by atoms with E-state index in [0.717, 1.165) is 11.3 Å². The van der Waals surface area contributed by atoms with Crippen LogP contribution in [0.5, 0.6) is 11.5 Å². The average Bonchev–Trinajstić information content (AvgIpc) is 3.28. The maximum absolute atomic E-state index is 13.9. The highest BCUT2D eigenvalue weighted by Gasteiger charge is 2.35. The van der Waals surface area contributed by atoms with Crippen molar-refractivity contribution in [2.45, 2.75) is 13.0 Å². The molecule has 3 aromatic carbocycles. The number of nitro benzene ring substituents is 1. The van der Waals surface area contributed by atoms with Gasteiger partial charge in [0.1, 0.15) is 11.5 Å². The van der Waals surface area contributed by atoms with Crippen LogP contribution in [0.2, 0.25) is 0 Å². The van der Waals surface area contributed by atoms with Crippen LogP contribution >= 0.6 is 11.3 Å². The number of fused-ring (bicyclic) bond motifs is 1. The van der Waals surface area contributed by atoms with Crippen LogP contribution in [0.1, 0.15) is 29.7 Å². The van der Waals surface area contributed by atoms with Crippen LogP contribution in [-0.4, -0.2) is 34.3 Å². The normalized spacial score (nSPS) is 14.8. The van der Waals surface area contributed by atoms with Gasteiger partial charge >= 0.3 is 5.97 Å². The van der Waals surface area contributed by atoms with Crippen LogP contribution in [0, 0.1) is 10.1 Å². The maximum atomic E-state index is 13.9. The Labute approximate surface area is 231 Å². The number of phenols is 1. The van der Waals surface area contributed by atoms with Crippen LogP contribution < -0.4 is 19.6 Å². The fourth-order valence-electron chi connectivity index (χ4n) is 4.48. The molecule has 0 fully saturated rings. The van der Waals surface area contributed by atoms with E-state index < -0.39 is 22.5 Å². The molecule has 202 valence electrons. The molecule has 1 aromatic heterocycles. The number of hydrogen-bond acceptors (Lipinski definition) is 9. The number of aromatic nitrogens is 1. The number of non-ortho nitro benzene ring substituents is 1. The predicted octanol–water partition coefficient (Wildman–Crippen LogP) is 3.56. The molecular formula is C29H23N3O7S. The predicted molar refractivity (Wildman–Crippen MR) is 149 cm³/mol. The van der Waals surface area contributed by atoms with E-state index in [0.29, 0.717) is 27.4 Å². The summed E-state index contributed by atoms with van der Waals surface area (Å²) in [4.78, 5) is 43.2. The summed E-state index contributed by atoms with van der Waals surface area (Å²) in [6.07, 6.45) is 1.38.